The molecule has 0 amide bonds. The number of hydrogen-bond acceptors (Lipinski definition) is 3. The standard InChI is InChI=1S/C15H26N2O/c1-5-15(16,6-2)12-17(3)11-13-8-7-9-14(10-13)18-4/h7-10H,5-6,11-12,16H2,1-4H3. The molecule has 0 saturated carbocycles. The van der Waals surface area contributed by atoms with Crippen LogP contribution in [0.5, 0.6) is 5.75 Å². The number of nitrogens with zero attached hydrogens (tertiary/aromatic N) is 1. The predicted molar refractivity (Wildman–Crippen MR) is 76.8 cm³/mol. The summed E-state index contributed by atoms with van der Waals surface area (Å²) < 4.78 is 5.24. The fraction of sp³-hybridized carbons (Fsp3) is 0.600. The van der Waals surface area contributed by atoms with E-state index < -0.39 is 0 Å². The van der Waals surface area contributed by atoms with Gasteiger partial charge < -0.3 is 15.4 Å². The van der Waals surface area contributed by atoms with Crippen LogP contribution in [0.15, 0.2) is 24.3 Å². The zero-order chi connectivity index (χ0) is 13.6. The molecular formula is C15H26N2O. The fourth-order valence-electron chi connectivity index (χ4n) is 2.15. The average Bonchev–Trinajstić information content (AvgIpc) is 2.38. The van der Waals surface area contributed by atoms with Gasteiger partial charge in [0.2, 0.25) is 0 Å². The summed E-state index contributed by atoms with van der Waals surface area (Å²) in [6, 6.07) is 8.19. The summed E-state index contributed by atoms with van der Waals surface area (Å²) in [5.74, 6) is 0.908. The number of nitrogens with two attached hydrogens (primary N) is 1. The van der Waals surface area contributed by atoms with Gasteiger partial charge in [0.25, 0.3) is 0 Å². The van der Waals surface area contributed by atoms with Crippen LogP contribution in [0.3, 0.4) is 0 Å². The summed E-state index contributed by atoms with van der Waals surface area (Å²) >= 11 is 0. The van der Waals surface area contributed by atoms with Gasteiger partial charge in [0.1, 0.15) is 5.75 Å². The Hall–Kier alpha value is -1.06. The van der Waals surface area contributed by atoms with Gasteiger partial charge in [-0.2, -0.15) is 0 Å². The molecule has 0 fully saturated rings. The normalized spacial score (nSPS) is 11.9. The van der Waals surface area contributed by atoms with Crippen molar-refractivity contribution in [1.82, 2.24) is 4.90 Å². The molecule has 1 aromatic rings. The van der Waals surface area contributed by atoms with Crippen LogP contribution >= 0.6 is 0 Å². The summed E-state index contributed by atoms with van der Waals surface area (Å²) in [4.78, 5) is 2.28. The Bertz CT molecular complexity index is 361. The van der Waals surface area contributed by atoms with Crippen LogP contribution < -0.4 is 10.5 Å². The van der Waals surface area contributed by atoms with E-state index in [1.165, 1.54) is 5.56 Å². The van der Waals surface area contributed by atoms with E-state index in [2.05, 4.69) is 37.9 Å². The molecule has 0 spiro atoms. The maximum Gasteiger partial charge on any atom is 0.119 e. The van der Waals surface area contributed by atoms with Crippen molar-refractivity contribution in [2.75, 3.05) is 20.7 Å². The van der Waals surface area contributed by atoms with Gasteiger partial charge in [-0.1, -0.05) is 26.0 Å². The van der Waals surface area contributed by atoms with E-state index in [-0.39, 0.29) is 5.54 Å². The molecule has 1 rings (SSSR count). The quantitative estimate of drug-likeness (QED) is 0.808. The highest BCUT2D eigenvalue weighted by Crippen LogP contribution is 2.17. The van der Waals surface area contributed by atoms with Gasteiger partial charge in [0.05, 0.1) is 7.11 Å². The predicted octanol–water partition coefficient (Wildman–Crippen LogP) is 2.64. The summed E-state index contributed by atoms with van der Waals surface area (Å²) in [6.07, 6.45) is 2.01. The number of ether oxygens (including phenoxy) is 1. The molecule has 0 heterocycles. The minimum atomic E-state index is -0.0758. The van der Waals surface area contributed by atoms with Crippen molar-refractivity contribution in [3.05, 3.63) is 29.8 Å². The molecule has 0 aliphatic heterocycles. The summed E-state index contributed by atoms with van der Waals surface area (Å²) in [6.45, 7) is 6.12. The van der Waals surface area contributed by atoms with Gasteiger partial charge in [0, 0.05) is 18.6 Å². The Balaban J connectivity index is 2.61. The van der Waals surface area contributed by atoms with Crippen molar-refractivity contribution in [3.8, 4) is 5.75 Å². The Morgan fingerprint density at radius 1 is 1.28 bits per heavy atom. The summed E-state index contributed by atoms with van der Waals surface area (Å²) in [5, 5.41) is 0. The highest BCUT2D eigenvalue weighted by molar-refractivity contribution is 5.28. The minimum Gasteiger partial charge on any atom is -0.497 e. The molecule has 2 N–H and O–H groups in total. The molecule has 0 saturated heterocycles. The second kappa shape index (κ2) is 6.76. The number of methoxy groups -OCH3 is 1. The van der Waals surface area contributed by atoms with Crippen LogP contribution in [0.2, 0.25) is 0 Å². The van der Waals surface area contributed by atoms with Crippen LogP contribution in [0.1, 0.15) is 32.3 Å². The van der Waals surface area contributed by atoms with E-state index in [9.17, 15) is 0 Å². The third kappa shape index (κ3) is 4.31. The third-order valence-corrected chi connectivity index (χ3v) is 3.58. The maximum atomic E-state index is 6.34. The van der Waals surface area contributed by atoms with Crippen LogP contribution in [0.4, 0.5) is 0 Å². The lowest BCUT2D eigenvalue weighted by molar-refractivity contribution is 0.228. The second-order valence-electron chi connectivity index (χ2n) is 5.09. The van der Waals surface area contributed by atoms with Gasteiger partial charge in [0.15, 0.2) is 0 Å². The number of rotatable bonds is 7. The van der Waals surface area contributed by atoms with Crippen molar-refractivity contribution < 1.29 is 4.74 Å². The van der Waals surface area contributed by atoms with Crippen LogP contribution in [0.25, 0.3) is 0 Å². The molecule has 3 nitrogen and oxygen atoms in total. The lowest BCUT2D eigenvalue weighted by atomic mass is 9.93. The average molecular weight is 250 g/mol. The van der Waals surface area contributed by atoms with Gasteiger partial charge in [-0.3, -0.25) is 0 Å². The molecule has 102 valence electrons. The molecule has 3 heteroatoms. The monoisotopic (exact) mass is 250 g/mol. The minimum absolute atomic E-state index is 0.0758. The van der Waals surface area contributed by atoms with Crippen molar-refractivity contribution in [2.45, 2.75) is 38.8 Å². The third-order valence-electron chi connectivity index (χ3n) is 3.58. The van der Waals surface area contributed by atoms with Crippen LogP contribution in [0, 0.1) is 0 Å². The molecule has 0 unspecified atom stereocenters. The number of hydrogen-bond donors (Lipinski definition) is 1. The zero-order valence-corrected chi connectivity index (χ0v) is 12.1. The van der Waals surface area contributed by atoms with E-state index in [1.54, 1.807) is 7.11 Å². The fourth-order valence-corrected chi connectivity index (χ4v) is 2.15. The molecular weight excluding hydrogens is 224 g/mol. The highest BCUT2D eigenvalue weighted by atomic mass is 16.5. The molecule has 0 radical (unpaired) electrons. The smallest absolute Gasteiger partial charge is 0.119 e. The molecule has 0 atom stereocenters. The topological polar surface area (TPSA) is 38.5 Å². The van der Waals surface area contributed by atoms with Gasteiger partial charge >= 0.3 is 0 Å². The molecule has 0 aliphatic rings. The van der Waals surface area contributed by atoms with Gasteiger partial charge in [-0.05, 0) is 37.6 Å². The summed E-state index contributed by atoms with van der Waals surface area (Å²) in [5.41, 5.74) is 7.52. The van der Waals surface area contributed by atoms with E-state index >= 15 is 0 Å². The lowest BCUT2D eigenvalue weighted by Gasteiger charge is -2.32. The molecule has 0 aliphatic carbocycles. The number of benzene rings is 1. The molecule has 0 aromatic heterocycles. The first-order valence-corrected chi connectivity index (χ1v) is 6.63. The zero-order valence-electron chi connectivity index (χ0n) is 12.1. The van der Waals surface area contributed by atoms with E-state index in [0.717, 1.165) is 31.7 Å². The highest BCUT2D eigenvalue weighted by Gasteiger charge is 2.22. The first-order valence-electron chi connectivity index (χ1n) is 6.63. The Kier molecular flexibility index (Phi) is 5.63. The van der Waals surface area contributed by atoms with Crippen molar-refractivity contribution in [2.24, 2.45) is 5.73 Å². The van der Waals surface area contributed by atoms with Gasteiger partial charge in [-0.15, -0.1) is 0 Å². The molecule has 18 heavy (non-hydrogen) atoms. The van der Waals surface area contributed by atoms with E-state index in [0.29, 0.717) is 0 Å². The Labute approximate surface area is 111 Å². The van der Waals surface area contributed by atoms with Gasteiger partial charge in [-0.25, -0.2) is 0 Å². The van der Waals surface area contributed by atoms with Crippen LogP contribution in [-0.4, -0.2) is 31.1 Å². The van der Waals surface area contributed by atoms with Crippen LogP contribution in [-0.2, 0) is 6.54 Å². The first kappa shape index (κ1) is 15.0. The maximum absolute atomic E-state index is 6.34. The first-order chi connectivity index (χ1) is 8.53. The second-order valence-corrected chi connectivity index (χ2v) is 5.09. The molecule has 1 aromatic carbocycles. The largest absolute Gasteiger partial charge is 0.497 e. The van der Waals surface area contributed by atoms with E-state index in [4.69, 9.17) is 10.5 Å². The Morgan fingerprint density at radius 2 is 1.94 bits per heavy atom. The van der Waals surface area contributed by atoms with Crippen molar-refractivity contribution in [3.63, 3.8) is 0 Å². The SMILES string of the molecule is CCC(N)(CC)CN(C)Cc1cccc(OC)c1. The lowest BCUT2D eigenvalue weighted by Crippen LogP contribution is -2.48. The Morgan fingerprint density at radius 3 is 2.50 bits per heavy atom. The van der Waals surface area contributed by atoms with Crippen molar-refractivity contribution >= 4 is 0 Å². The van der Waals surface area contributed by atoms with Crippen molar-refractivity contribution in [1.29, 1.82) is 0 Å². The van der Waals surface area contributed by atoms with E-state index in [1.807, 2.05) is 12.1 Å². The molecule has 0 bridgehead atoms. The number of likely N-dealkylation sites (N-methyl/N-ethyl adjacent to an activating group) is 1. The summed E-state index contributed by atoms with van der Waals surface area (Å²) in [7, 11) is 3.81.